The molecule has 180 valence electrons. The van der Waals surface area contributed by atoms with Crippen molar-refractivity contribution in [3.63, 3.8) is 0 Å². The van der Waals surface area contributed by atoms with Gasteiger partial charge in [-0.2, -0.15) is 0 Å². The predicted molar refractivity (Wildman–Crippen MR) is 131 cm³/mol. The van der Waals surface area contributed by atoms with E-state index in [1.54, 1.807) is 0 Å². The smallest absolute Gasteiger partial charge is 0.194 e. The van der Waals surface area contributed by atoms with Gasteiger partial charge in [0.1, 0.15) is 0 Å². The van der Waals surface area contributed by atoms with Crippen LogP contribution in [0.25, 0.3) is 11.1 Å². The first-order chi connectivity index (χ1) is 16.0. The maximum atomic E-state index is 13.6. The lowest BCUT2D eigenvalue weighted by Crippen LogP contribution is -2.36. The summed E-state index contributed by atoms with van der Waals surface area (Å²) >= 11 is 0. The summed E-state index contributed by atoms with van der Waals surface area (Å²) in [5, 5.41) is 0. The molecule has 33 heavy (non-hydrogen) atoms. The number of unbranched alkanes of at least 4 members (excludes halogenated alkanes) is 1. The van der Waals surface area contributed by atoms with E-state index in [-0.39, 0.29) is 0 Å². The maximum Gasteiger partial charge on any atom is 0.194 e. The number of hydrogen-bond acceptors (Lipinski definition) is 0. The summed E-state index contributed by atoms with van der Waals surface area (Å²) in [6.07, 6.45) is 19.0. The zero-order valence-corrected chi connectivity index (χ0v) is 20.2. The molecule has 0 nitrogen and oxygen atoms in total. The van der Waals surface area contributed by atoms with Crippen LogP contribution in [0.1, 0.15) is 96.0 Å². The van der Waals surface area contributed by atoms with Gasteiger partial charge in [0.05, 0.1) is 0 Å². The summed E-state index contributed by atoms with van der Waals surface area (Å²) in [7, 11) is 0. The van der Waals surface area contributed by atoms with Crippen molar-refractivity contribution in [1.82, 2.24) is 0 Å². The lowest BCUT2D eigenvalue weighted by molar-refractivity contribution is 0.0379. The van der Waals surface area contributed by atoms with Crippen molar-refractivity contribution in [3.05, 3.63) is 59.4 Å². The highest BCUT2D eigenvalue weighted by Crippen LogP contribution is 2.52. The van der Waals surface area contributed by atoms with Crippen molar-refractivity contribution in [1.29, 1.82) is 0 Å². The lowest BCUT2D eigenvalue weighted by atomic mass is 9.58. The zero-order valence-electron chi connectivity index (χ0n) is 20.2. The third kappa shape index (κ3) is 5.84. The molecular weight excluding hydrogens is 417 g/mol. The zero-order chi connectivity index (χ0) is 23.3. The Morgan fingerprint density at radius 3 is 2.06 bits per heavy atom. The monoisotopic (exact) mass is 456 g/mol. The normalized spacial score (nSPS) is 24.2. The van der Waals surface area contributed by atoms with Gasteiger partial charge in [0.15, 0.2) is 17.5 Å². The maximum absolute atomic E-state index is 13.6. The quantitative estimate of drug-likeness (QED) is 0.347. The van der Waals surface area contributed by atoms with Gasteiger partial charge >= 0.3 is 0 Å². The van der Waals surface area contributed by atoms with Crippen LogP contribution in [0.2, 0.25) is 0 Å². The third-order valence-electron chi connectivity index (χ3n) is 8.72. The van der Waals surface area contributed by atoms with Crippen molar-refractivity contribution >= 4 is 0 Å². The van der Waals surface area contributed by atoms with Gasteiger partial charge in [-0.25, -0.2) is 13.2 Å². The van der Waals surface area contributed by atoms with Crippen molar-refractivity contribution < 1.29 is 13.2 Å². The minimum atomic E-state index is -1.41. The van der Waals surface area contributed by atoms with Crippen LogP contribution in [0.15, 0.2) is 36.4 Å². The molecule has 2 aliphatic rings. The molecule has 2 aromatic carbocycles. The molecule has 3 heteroatoms. The Kier molecular flexibility index (Phi) is 8.20. The van der Waals surface area contributed by atoms with Gasteiger partial charge in [-0.05, 0) is 97.4 Å². The molecule has 0 N–H and O–H groups in total. The highest BCUT2D eigenvalue weighted by atomic mass is 19.2. The summed E-state index contributed by atoms with van der Waals surface area (Å²) < 4.78 is 40.6. The first kappa shape index (κ1) is 24.4. The van der Waals surface area contributed by atoms with Gasteiger partial charge in [-0.1, -0.05) is 69.7 Å². The molecule has 0 spiro atoms. The van der Waals surface area contributed by atoms with Crippen molar-refractivity contribution in [2.75, 3.05) is 0 Å². The molecule has 4 rings (SSSR count). The van der Waals surface area contributed by atoms with E-state index in [0.29, 0.717) is 11.0 Å². The SMILES string of the molecule is CCCCC1CCC(CCc2ccc(-c3cc(F)c(F)c(F)c3)cc2)(C2CCCCC2)CC1. The van der Waals surface area contributed by atoms with Gasteiger partial charge < -0.3 is 0 Å². The first-order valence-corrected chi connectivity index (χ1v) is 13.2. The van der Waals surface area contributed by atoms with E-state index in [0.717, 1.165) is 36.0 Å². The Labute approximate surface area is 198 Å². The van der Waals surface area contributed by atoms with E-state index in [1.807, 2.05) is 12.1 Å². The average molecular weight is 457 g/mol. The Balaban J connectivity index is 1.43. The molecule has 0 amide bonds. The second-order valence-corrected chi connectivity index (χ2v) is 10.7. The molecule has 0 unspecified atom stereocenters. The Morgan fingerprint density at radius 2 is 1.45 bits per heavy atom. The van der Waals surface area contributed by atoms with Crippen LogP contribution in [0.3, 0.4) is 0 Å². The highest BCUT2D eigenvalue weighted by Gasteiger charge is 2.41. The van der Waals surface area contributed by atoms with Crippen LogP contribution in [0.4, 0.5) is 13.2 Å². The number of rotatable bonds is 8. The van der Waals surface area contributed by atoms with Crippen molar-refractivity contribution in [2.45, 2.75) is 96.8 Å². The van der Waals surface area contributed by atoms with E-state index in [2.05, 4.69) is 19.1 Å². The molecule has 0 atom stereocenters. The fourth-order valence-electron chi connectivity index (χ4n) is 6.59. The largest absolute Gasteiger partial charge is 0.204 e. The summed E-state index contributed by atoms with van der Waals surface area (Å²) in [6.45, 7) is 2.30. The molecule has 0 heterocycles. The molecule has 0 bridgehead atoms. The standard InChI is InChI=1S/C30H39F3/c1-2-3-7-22-14-17-30(18-15-22,26-8-5-4-6-9-26)19-16-23-10-12-24(13-11-23)25-20-27(31)29(33)28(32)21-25/h10-13,20-22,26H,2-9,14-19H2,1H3. The van der Waals surface area contributed by atoms with Crippen LogP contribution in [0, 0.1) is 34.7 Å². The molecule has 0 aliphatic heterocycles. The Hall–Kier alpha value is -1.77. The third-order valence-corrected chi connectivity index (χ3v) is 8.72. The minimum absolute atomic E-state index is 0.377. The van der Waals surface area contributed by atoms with E-state index in [4.69, 9.17) is 0 Å². The topological polar surface area (TPSA) is 0 Å². The summed E-state index contributed by atoms with van der Waals surface area (Å²) in [4.78, 5) is 0. The van der Waals surface area contributed by atoms with Crippen LogP contribution in [-0.2, 0) is 6.42 Å². The second kappa shape index (κ2) is 11.1. The number of halogens is 3. The molecule has 2 fully saturated rings. The molecule has 0 aromatic heterocycles. The van der Waals surface area contributed by atoms with Gasteiger partial charge in [0.2, 0.25) is 0 Å². The summed E-state index contributed by atoms with van der Waals surface area (Å²) in [5.74, 6) is -1.89. The van der Waals surface area contributed by atoms with Gasteiger partial charge in [0.25, 0.3) is 0 Å². The van der Waals surface area contributed by atoms with Crippen LogP contribution in [0.5, 0.6) is 0 Å². The lowest BCUT2D eigenvalue weighted by Gasteiger charge is -2.48. The van der Waals surface area contributed by atoms with Crippen LogP contribution >= 0.6 is 0 Å². The van der Waals surface area contributed by atoms with Crippen LogP contribution in [-0.4, -0.2) is 0 Å². The minimum Gasteiger partial charge on any atom is -0.204 e. The molecule has 0 saturated heterocycles. The predicted octanol–water partition coefficient (Wildman–Crippen LogP) is 9.65. The highest BCUT2D eigenvalue weighted by molar-refractivity contribution is 5.63. The molecule has 2 saturated carbocycles. The number of aryl methyl sites for hydroxylation is 1. The summed E-state index contributed by atoms with van der Waals surface area (Å²) in [5.41, 5.74) is 2.87. The summed E-state index contributed by atoms with van der Waals surface area (Å²) in [6, 6.07) is 10.1. The average Bonchev–Trinajstić information content (AvgIpc) is 2.86. The number of hydrogen-bond donors (Lipinski definition) is 0. The van der Waals surface area contributed by atoms with E-state index in [1.165, 1.54) is 89.0 Å². The Morgan fingerprint density at radius 1 is 0.818 bits per heavy atom. The molecular formula is C30H39F3. The van der Waals surface area contributed by atoms with E-state index in [9.17, 15) is 13.2 Å². The molecule has 2 aliphatic carbocycles. The van der Waals surface area contributed by atoms with Gasteiger partial charge in [-0.3, -0.25) is 0 Å². The molecule has 0 radical (unpaired) electrons. The molecule has 2 aromatic rings. The van der Waals surface area contributed by atoms with Crippen molar-refractivity contribution in [2.24, 2.45) is 17.3 Å². The van der Waals surface area contributed by atoms with Crippen molar-refractivity contribution in [3.8, 4) is 11.1 Å². The first-order valence-electron chi connectivity index (χ1n) is 13.2. The van der Waals surface area contributed by atoms with Crippen LogP contribution < -0.4 is 0 Å². The Bertz CT molecular complexity index is 864. The second-order valence-electron chi connectivity index (χ2n) is 10.7. The number of benzene rings is 2. The van der Waals surface area contributed by atoms with Gasteiger partial charge in [0, 0.05) is 0 Å². The van der Waals surface area contributed by atoms with E-state index < -0.39 is 17.5 Å². The fraction of sp³-hybridized carbons (Fsp3) is 0.600. The van der Waals surface area contributed by atoms with E-state index >= 15 is 0 Å². The fourth-order valence-corrected chi connectivity index (χ4v) is 6.59. The van der Waals surface area contributed by atoms with Gasteiger partial charge in [-0.15, -0.1) is 0 Å².